The molecule has 2 aliphatic rings. The fourth-order valence-electron chi connectivity index (χ4n) is 3.68. The van der Waals surface area contributed by atoms with Crippen molar-refractivity contribution in [1.82, 2.24) is 14.8 Å². The Labute approximate surface area is 165 Å². The number of carbonyl (C=O) groups excluding carboxylic acids is 1. The molecule has 5 nitrogen and oxygen atoms in total. The number of thioether (sulfide) groups is 1. The highest BCUT2D eigenvalue weighted by atomic mass is 32.2. The first-order valence-electron chi connectivity index (χ1n) is 8.96. The van der Waals surface area contributed by atoms with E-state index in [-0.39, 0.29) is 17.7 Å². The second-order valence-corrected chi connectivity index (χ2v) is 8.59. The van der Waals surface area contributed by atoms with E-state index >= 15 is 0 Å². The topological polar surface area (TPSA) is 59.8 Å². The SMILES string of the molecule is O=C1CCC=C2Nc3nc(SCc4ccccc4)nn3[C@H](c3cccs3)[C@@H]12. The molecule has 3 heterocycles. The zero-order valence-corrected chi connectivity index (χ0v) is 16.2. The van der Waals surface area contributed by atoms with Crippen LogP contribution in [0.15, 0.2) is 64.8 Å². The molecule has 136 valence electrons. The molecule has 0 radical (unpaired) electrons. The summed E-state index contributed by atoms with van der Waals surface area (Å²) in [5.74, 6) is 1.62. The summed E-state index contributed by atoms with van der Waals surface area (Å²) in [4.78, 5) is 18.6. The van der Waals surface area contributed by atoms with E-state index in [1.807, 2.05) is 28.9 Å². The number of thiophene rings is 1. The summed E-state index contributed by atoms with van der Waals surface area (Å²) >= 11 is 3.28. The van der Waals surface area contributed by atoms with E-state index in [0.29, 0.717) is 6.42 Å². The summed E-state index contributed by atoms with van der Waals surface area (Å²) in [7, 11) is 0. The van der Waals surface area contributed by atoms with Crippen molar-refractivity contribution in [3.63, 3.8) is 0 Å². The number of fused-ring (bicyclic) bond motifs is 2. The first-order valence-corrected chi connectivity index (χ1v) is 10.8. The number of carbonyl (C=O) groups is 1. The van der Waals surface area contributed by atoms with Gasteiger partial charge >= 0.3 is 0 Å². The molecule has 27 heavy (non-hydrogen) atoms. The highest BCUT2D eigenvalue weighted by Gasteiger charge is 2.42. The molecule has 0 unspecified atom stereocenters. The zero-order valence-electron chi connectivity index (χ0n) is 14.5. The van der Waals surface area contributed by atoms with Crippen LogP contribution in [0.25, 0.3) is 0 Å². The van der Waals surface area contributed by atoms with Crippen molar-refractivity contribution in [1.29, 1.82) is 0 Å². The number of ketones is 1. The molecular weight excluding hydrogens is 376 g/mol. The second kappa shape index (κ2) is 6.98. The highest BCUT2D eigenvalue weighted by molar-refractivity contribution is 7.98. The molecule has 3 aromatic rings. The van der Waals surface area contributed by atoms with Gasteiger partial charge in [-0.05, 0) is 23.4 Å². The van der Waals surface area contributed by atoms with E-state index in [1.54, 1.807) is 23.1 Å². The van der Waals surface area contributed by atoms with Gasteiger partial charge in [0.25, 0.3) is 0 Å². The van der Waals surface area contributed by atoms with Gasteiger partial charge in [0.1, 0.15) is 11.8 Å². The predicted molar refractivity (Wildman–Crippen MR) is 108 cm³/mol. The molecule has 0 spiro atoms. The molecule has 0 fully saturated rings. The van der Waals surface area contributed by atoms with Crippen molar-refractivity contribution >= 4 is 34.8 Å². The Bertz CT molecular complexity index is 994. The Hall–Kier alpha value is -2.38. The highest BCUT2D eigenvalue weighted by Crippen LogP contribution is 2.43. The van der Waals surface area contributed by atoms with Crippen molar-refractivity contribution in [3.8, 4) is 0 Å². The third-order valence-corrected chi connectivity index (χ3v) is 6.78. The number of anilines is 1. The minimum absolute atomic E-state index is 0.112. The number of allylic oxidation sites excluding steroid dienone is 2. The third kappa shape index (κ3) is 3.11. The van der Waals surface area contributed by atoms with Crippen LogP contribution < -0.4 is 5.32 Å². The third-order valence-electron chi connectivity index (χ3n) is 4.93. The maximum atomic E-state index is 12.7. The van der Waals surface area contributed by atoms with E-state index in [0.717, 1.165) is 33.9 Å². The van der Waals surface area contributed by atoms with E-state index in [1.165, 1.54) is 5.56 Å². The Kier molecular flexibility index (Phi) is 4.33. The Balaban J connectivity index is 1.50. The first kappa shape index (κ1) is 16.8. The van der Waals surface area contributed by atoms with Crippen LogP contribution in [0.5, 0.6) is 0 Å². The molecule has 2 aromatic heterocycles. The van der Waals surface area contributed by atoms with Gasteiger partial charge < -0.3 is 5.32 Å². The molecule has 7 heteroatoms. The van der Waals surface area contributed by atoms with E-state index < -0.39 is 0 Å². The van der Waals surface area contributed by atoms with Crippen molar-refractivity contribution in [2.24, 2.45) is 5.92 Å². The van der Waals surface area contributed by atoms with Crippen molar-refractivity contribution in [2.75, 3.05) is 5.32 Å². The molecule has 1 aliphatic heterocycles. The summed E-state index contributed by atoms with van der Waals surface area (Å²) < 4.78 is 1.91. The number of aromatic nitrogens is 3. The number of nitrogens with zero attached hydrogens (tertiary/aromatic N) is 3. The van der Waals surface area contributed by atoms with Crippen LogP contribution in [0, 0.1) is 5.92 Å². The number of hydrogen-bond acceptors (Lipinski definition) is 6. The Morgan fingerprint density at radius 3 is 2.93 bits per heavy atom. The van der Waals surface area contributed by atoms with Gasteiger partial charge in [0.05, 0.1) is 5.92 Å². The summed E-state index contributed by atoms with van der Waals surface area (Å²) in [5.41, 5.74) is 2.22. The van der Waals surface area contributed by atoms with Gasteiger partial charge in [-0.1, -0.05) is 54.2 Å². The molecule has 1 aromatic carbocycles. The van der Waals surface area contributed by atoms with Crippen LogP contribution in [-0.2, 0) is 10.5 Å². The van der Waals surface area contributed by atoms with Crippen molar-refractivity contribution in [2.45, 2.75) is 29.8 Å². The molecule has 5 rings (SSSR count). The van der Waals surface area contributed by atoms with Crippen LogP contribution in [0.3, 0.4) is 0 Å². The minimum atomic E-state index is -0.196. The lowest BCUT2D eigenvalue weighted by Crippen LogP contribution is -2.38. The maximum Gasteiger partial charge on any atom is 0.227 e. The predicted octanol–water partition coefficient (Wildman–Crippen LogP) is 4.51. The van der Waals surface area contributed by atoms with Crippen LogP contribution in [0.2, 0.25) is 0 Å². The number of benzene rings is 1. The van der Waals surface area contributed by atoms with E-state index in [2.05, 4.69) is 35.0 Å². The number of Topliss-reactive ketones (excluding diaryl/α,β-unsaturated/α-hetero) is 1. The lowest BCUT2D eigenvalue weighted by atomic mass is 9.83. The molecular formula is C20H18N4OS2. The summed E-state index contributed by atoms with van der Waals surface area (Å²) in [6.07, 6.45) is 3.53. The van der Waals surface area contributed by atoms with Gasteiger partial charge in [-0.15, -0.1) is 16.4 Å². The van der Waals surface area contributed by atoms with Crippen LogP contribution >= 0.6 is 23.1 Å². The average Bonchev–Trinajstić information content (AvgIpc) is 3.35. The summed E-state index contributed by atoms with van der Waals surface area (Å²) in [5, 5.41) is 10.9. The van der Waals surface area contributed by atoms with Gasteiger partial charge in [0.15, 0.2) is 0 Å². The van der Waals surface area contributed by atoms with Crippen LogP contribution in [0.1, 0.15) is 29.3 Å². The molecule has 1 aliphatic carbocycles. The lowest BCUT2D eigenvalue weighted by Gasteiger charge is -2.35. The van der Waals surface area contributed by atoms with Gasteiger partial charge in [-0.25, -0.2) is 4.68 Å². The molecule has 0 saturated carbocycles. The number of rotatable bonds is 4. The Morgan fingerprint density at radius 1 is 1.22 bits per heavy atom. The smallest absolute Gasteiger partial charge is 0.227 e. The maximum absolute atomic E-state index is 12.7. The standard InChI is InChI=1S/C20H18N4OS2/c25-15-9-4-8-14-17(15)18(16-10-5-11-26-16)24-19(21-14)22-20(23-24)27-12-13-6-2-1-3-7-13/h1-3,5-8,10-11,17-18H,4,9,12H2,(H,21,22,23)/t17-,18-/m1/s1. The van der Waals surface area contributed by atoms with Gasteiger partial charge in [-0.3, -0.25) is 4.79 Å². The monoisotopic (exact) mass is 394 g/mol. The second-order valence-electron chi connectivity index (χ2n) is 6.66. The average molecular weight is 395 g/mol. The molecule has 0 amide bonds. The minimum Gasteiger partial charge on any atom is -0.328 e. The number of hydrogen-bond donors (Lipinski definition) is 1. The van der Waals surface area contributed by atoms with Gasteiger partial charge in [0, 0.05) is 22.7 Å². The summed E-state index contributed by atoms with van der Waals surface area (Å²) in [6.45, 7) is 0. The van der Waals surface area contributed by atoms with Crippen LogP contribution in [0.4, 0.5) is 5.95 Å². The molecule has 1 N–H and O–H groups in total. The van der Waals surface area contributed by atoms with Crippen molar-refractivity contribution < 1.29 is 4.79 Å². The fraction of sp³-hybridized carbons (Fsp3) is 0.250. The normalized spacial score (nSPS) is 21.2. The van der Waals surface area contributed by atoms with E-state index in [4.69, 9.17) is 10.1 Å². The van der Waals surface area contributed by atoms with Crippen molar-refractivity contribution in [3.05, 3.63) is 70.1 Å². The lowest BCUT2D eigenvalue weighted by molar-refractivity contribution is -0.123. The summed E-state index contributed by atoms with van der Waals surface area (Å²) in [6, 6.07) is 14.3. The quantitative estimate of drug-likeness (QED) is 0.660. The molecule has 0 saturated heterocycles. The van der Waals surface area contributed by atoms with E-state index in [9.17, 15) is 4.79 Å². The van der Waals surface area contributed by atoms with Gasteiger partial charge in [0.2, 0.25) is 11.1 Å². The largest absolute Gasteiger partial charge is 0.328 e. The number of nitrogens with one attached hydrogen (secondary N) is 1. The Morgan fingerprint density at radius 2 is 2.11 bits per heavy atom. The first-order chi connectivity index (χ1) is 13.3. The fourth-order valence-corrected chi connectivity index (χ4v) is 5.31. The van der Waals surface area contributed by atoms with Crippen LogP contribution in [-0.4, -0.2) is 20.5 Å². The molecule has 2 atom stereocenters. The zero-order chi connectivity index (χ0) is 18.2. The van der Waals surface area contributed by atoms with Gasteiger partial charge in [-0.2, -0.15) is 4.98 Å². The molecule has 0 bridgehead atoms.